The third-order valence-electron chi connectivity index (χ3n) is 4.17. The van der Waals surface area contributed by atoms with E-state index in [2.05, 4.69) is 10.1 Å². The standard InChI is InChI=1S/C19H18Cl2FN5OS/c1-10(16-13(20)4-5-14(22)17(16)21)29-15-6-11(7-24-18(15)23)12-8-25-27(9-12)19(28)26(2)3/h4-10H,1-3H3,(H2,23,24). The van der Waals surface area contributed by atoms with Gasteiger partial charge in [0.15, 0.2) is 0 Å². The van der Waals surface area contributed by atoms with Gasteiger partial charge in [-0.25, -0.2) is 14.2 Å². The van der Waals surface area contributed by atoms with E-state index in [1.54, 1.807) is 32.7 Å². The van der Waals surface area contributed by atoms with Gasteiger partial charge in [-0.3, -0.25) is 0 Å². The largest absolute Gasteiger partial charge is 0.383 e. The van der Waals surface area contributed by atoms with Crippen LogP contribution in [-0.2, 0) is 0 Å². The van der Waals surface area contributed by atoms with E-state index in [0.717, 1.165) is 5.56 Å². The molecular weight excluding hydrogens is 436 g/mol. The smallest absolute Gasteiger partial charge is 0.344 e. The molecule has 0 aliphatic heterocycles. The fourth-order valence-corrected chi connectivity index (χ4v) is 4.59. The quantitative estimate of drug-likeness (QED) is 0.425. The lowest BCUT2D eigenvalue weighted by Crippen LogP contribution is -2.27. The molecule has 2 heterocycles. The molecule has 10 heteroatoms. The number of carbonyl (C=O) groups excluding carboxylic acids is 1. The van der Waals surface area contributed by atoms with Crippen LogP contribution in [0.3, 0.4) is 0 Å². The molecule has 1 amide bonds. The fraction of sp³-hybridized carbons (Fsp3) is 0.211. The third kappa shape index (κ3) is 4.49. The van der Waals surface area contributed by atoms with E-state index in [1.165, 1.54) is 33.5 Å². The molecule has 0 fully saturated rings. The minimum absolute atomic E-state index is 0.0105. The van der Waals surface area contributed by atoms with Crippen molar-refractivity contribution in [1.29, 1.82) is 0 Å². The van der Waals surface area contributed by atoms with Crippen LogP contribution in [0.15, 0.2) is 41.7 Å². The van der Waals surface area contributed by atoms with Crippen molar-refractivity contribution in [2.75, 3.05) is 19.8 Å². The second-order valence-electron chi connectivity index (χ2n) is 6.47. The molecule has 3 aromatic rings. The Kier molecular flexibility index (Phi) is 6.36. The van der Waals surface area contributed by atoms with Gasteiger partial charge >= 0.3 is 6.03 Å². The molecule has 0 saturated heterocycles. The summed E-state index contributed by atoms with van der Waals surface area (Å²) in [5.41, 5.74) is 7.98. The summed E-state index contributed by atoms with van der Waals surface area (Å²) in [6.45, 7) is 1.86. The fourth-order valence-electron chi connectivity index (χ4n) is 2.65. The molecule has 6 nitrogen and oxygen atoms in total. The number of nitrogens with two attached hydrogens (primary N) is 1. The van der Waals surface area contributed by atoms with Crippen LogP contribution in [-0.4, -0.2) is 39.8 Å². The molecule has 29 heavy (non-hydrogen) atoms. The van der Waals surface area contributed by atoms with E-state index in [9.17, 15) is 9.18 Å². The van der Waals surface area contributed by atoms with Gasteiger partial charge in [0.1, 0.15) is 11.6 Å². The number of nitrogens with zero attached hydrogens (tertiary/aromatic N) is 4. The Hall–Kier alpha value is -2.29. The molecule has 0 spiro atoms. The Labute approximate surface area is 181 Å². The normalized spacial score (nSPS) is 12.1. The van der Waals surface area contributed by atoms with E-state index >= 15 is 0 Å². The Morgan fingerprint density at radius 2 is 2.00 bits per heavy atom. The van der Waals surface area contributed by atoms with Gasteiger partial charge in [-0.05, 0) is 25.1 Å². The number of hydrogen-bond donors (Lipinski definition) is 1. The SMILES string of the molecule is CC(Sc1cc(-c2cnn(C(=O)N(C)C)c2)cnc1N)c1c(Cl)ccc(F)c1Cl. The lowest BCUT2D eigenvalue weighted by Gasteiger charge is -2.16. The molecular formula is C19H18Cl2FN5OS. The third-order valence-corrected chi connectivity index (χ3v) is 6.05. The number of nitrogen functional groups attached to an aromatic ring is 1. The molecule has 152 valence electrons. The maximum absolute atomic E-state index is 13.9. The number of rotatable bonds is 4. The highest BCUT2D eigenvalue weighted by atomic mass is 35.5. The van der Waals surface area contributed by atoms with Crippen molar-refractivity contribution in [3.05, 3.63) is 58.2 Å². The molecule has 3 rings (SSSR count). The molecule has 1 atom stereocenters. The predicted molar refractivity (Wildman–Crippen MR) is 115 cm³/mol. The summed E-state index contributed by atoms with van der Waals surface area (Å²) >= 11 is 13.7. The van der Waals surface area contributed by atoms with Gasteiger partial charge in [0.2, 0.25) is 0 Å². The average molecular weight is 454 g/mol. The number of pyridine rings is 1. The second kappa shape index (κ2) is 8.61. The zero-order chi connectivity index (χ0) is 21.3. The van der Waals surface area contributed by atoms with Crippen LogP contribution in [0, 0.1) is 5.82 Å². The van der Waals surface area contributed by atoms with Crippen LogP contribution >= 0.6 is 35.0 Å². The Morgan fingerprint density at radius 3 is 2.69 bits per heavy atom. The van der Waals surface area contributed by atoms with Crippen molar-refractivity contribution in [3.63, 3.8) is 0 Å². The number of amides is 1. The maximum atomic E-state index is 13.9. The van der Waals surface area contributed by atoms with Gasteiger partial charge in [0.05, 0.1) is 16.1 Å². The number of thioether (sulfide) groups is 1. The van der Waals surface area contributed by atoms with Crippen molar-refractivity contribution in [3.8, 4) is 11.1 Å². The number of aromatic nitrogens is 3. The molecule has 1 unspecified atom stereocenters. The molecule has 0 saturated carbocycles. The zero-order valence-electron chi connectivity index (χ0n) is 15.9. The maximum Gasteiger partial charge on any atom is 0.344 e. The van der Waals surface area contributed by atoms with Gasteiger partial charge in [0, 0.05) is 53.5 Å². The number of halogens is 3. The summed E-state index contributed by atoms with van der Waals surface area (Å²) in [6, 6.07) is 4.28. The minimum atomic E-state index is -0.531. The van der Waals surface area contributed by atoms with Crippen molar-refractivity contribution in [2.45, 2.75) is 17.1 Å². The first-order chi connectivity index (χ1) is 13.7. The van der Waals surface area contributed by atoms with E-state index in [4.69, 9.17) is 28.9 Å². The van der Waals surface area contributed by atoms with Crippen molar-refractivity contribution >= 4 is 46.8 Å². The first-order valence-electron chi connectivity index (χ1n) is 8.51. The number of hydrogen-bond acceptors (Lipinski definition) is 5. The van der Waals surface area contributed by atoms with E-state index in [-0.39, 0.29) is 16.3 Å². The van der Waals surface area contributed by atoms with E-state index < -0.39 is 5.82 Å². The Bertz CT molecular complexity index is 1070. The van der Waals surface area contributed by atoms with Gasteiger partial charge in [-0.2, -0.15) is 9.78 Å². The van der Waals surface area contributed by atoms with Gasteiger partial charge in [-0.1, -0.05) is 23.2 Å². The monoisotopic (exact) mass is 453 g/mol. The van der Waals surface area contributed by atoms with Crippen LogP contribution < -0.4 is 5.73 Å². The summed E-state index contributed by atoms with van der Waals surface area (Å²) in [5, 5.41) is 4.18. The lowest BCUT2D eigenvalue weighted by molar-refractivity contribution is 0.216. The molecule has 0 aliphatic rings. The number of anilines is 1. The minimum Gasteiger partial charge on any atom is -0.383 e. The van der Waals surface area contributed by atoms with Crippen LogP contribution in [0.2, 0.25) is 10.0 Å². The molecule has 2 N–H and O–H groups in total. The highest BCUT2D eigenvalue weighted by Crippen LogP contribution is 2.44. The molecule has 1 aromatic carbocycles. The van der Waals surface area contributed by atoms with Crippen LogP contribution in [0.5, 0.6) is 0 Å². The zero-order valence-corrected chi connectivity index (χ0v) is 18.2. The van der Waals surface area contributed by atoms with Crippen LogP contribution in [0.1, 0.15) is 17.7 Å². The topological polar surface area (TPSA) is 77.0 Å². The number of carbonyl (C=O) groups is 1. The van der Waals surface area contributed by atoms with Crippen LogP contribution in [0.4, 0.5) is 15.0 Å². The van der Waals surface area contributed by atoms with Gasteiger partial charge in [-0.15, -0.1) is 11.8 Å². The predicted octanol–water partition coefficient (Wildman–Crippen LogP) is 5.36. The highest BCUT2D eigenvalue weighted by Gasteiger charge is 2.20. The summed E-state index contributed by atoms with van der Waals surface area (Å²) in [6.07, 6.45) is 4.80. The van der Waals surface area contributed by atoms with Crippen LogP contribution in [0.25, 0.3) is 11.1 Å². The molecule has 0 radical (unpaired) electrons. The van der Waals surface area contributed by atoms with E-state index in [0.29, 0.717) is 26.9 Å². The molecule has 0 aliphatic carbocycles. The van der Waals surface area contributed by atoms with Crippen molar-refractivity contribution < 1.29 is 9.18 Å². The Morgan fingerprint density at radius 1 is 1.28 bits per heavy atom. The summed E-state index contributed by atoms with van der Waals surface area (Å²) in [5.74, 6) is -0.206. The number of benzene rings is 1. The molecule has 2 aromatic heterocycles. The second-order valence-corrected chi connectivity index (χ2v) is 8.64. The van der Waals surface area contributed by atoms with Crippen molar-refractivity contribution in [1.82, 2.24) is 19.7 Å². The average Bonchev–Trinajstić information content (AvgIpc) is 3.16. The van der Waals surface area contributed by atoms with Gasteiger partial charge < -0.3 is 10.6 Å². The molecule has 0 bridgehead atoms. The van der Waals surface area contributed by atoms with E-state index in [1.807, 2.05) is 13.0 Å². The Balaban J connectivity index is 1.91. The summed E-state index contributed by atoms with van der Waals surface area (Å²) in [4.78, 5) is 18.4. The van der Waals surface area contributed by atoms with Gasteiger partial charge in [0.25, 0.3) is 0 Å². The summed E-state index contributed by atoms with van der Waals surface area (Å²) < 4.78 is 15.1. The first kappa shape index (κ1) is 21.4. The van der Waals surface area contributed by atoms with Crippen molar-refractivity contribution in [2.24, 2.45) is 0 Å². The lowest BCUT2D eigenvalue weighted by atomic mass is 10.1. The first-order valence-corrected chi connectivity index (χ1v) is 10.1. The highest BCUT2D eigenvalue weighted by molar-refractivity contribution is 7.99. The summed E-state index contributed by atoms with van der Waals surface area (Å²) in [7, 11) is 3.29.